The van der Waals surface area contributed by atoms with Gasteiger partial charge in [0.2, 0.25) is 5.91 Å². The molecule has 1 aliphatic rings. The predicted molar refractivity (Wildman–Crippen MR) is 48.1 cm³/mol. The number of aromatic nitrogens is 2. The Morgan fingerprint density at radius 2 is 2.43 bits per heavy atom. The molecule has 14 heavy (non-hydrogen) atoms. The lowest BCUT2D eigenvalue weighted by atomic mass is 10.1. The summed E-state index contributed by atoms with van der Waals surface area (Å²) in [4.78, 5) is 12.9. The number of carbonyl (C=O) groups is 1. The summed E-state index contributed by atoms with van der Waals surface area (Å²) in [6, 6.07) is 4.00. The molecule has 1 aliphatic heterocycles. The minimum Gasteiger partial charge on any atom is -0.337 e. The number of nitriles is 1. The Bertz CT molecular complexity index is 359. The molecule has 1 aromatic rings. The Balaban J connectivity index is 1.86. The summed E-state index contributed by atoms with van der Waals surface area (Å²) in [6.45, 7) is 1.34. The molecular weight excluding hydrogens is 180 g/mol. The molecule has 0 N–H and O–H groups in total. The van der Waals surface area contributed by atoms with Crippen molar-refractivity contribution < 1.29 is 4.79 Å². The summed E-state index contributed by atoms with van der Waals surface area (Å²) < 4.78 is 1.84. The van der Waals surface area contributed by atoms with Crippen molar-refractivity contribution in [3.8, 4) is 6.07 Å². The summed E-state index contributed by atoms with van der Waals surface area (Å²) in [5.41, 5.74) is 0. The van der Waals surface area contributed by atoms with Crippen molar-refractivity contribution in [3.63, 3.8) is 0 Å². The van der Waals surface area contributed by atoms with Crippen LogP contribution in [0.15, 0.2) is 18.5 Å². The van der Waals surface area contributed by atoms with Crippen LogP contribution in [0.25, 0.3) is 0 Å². The van der Waals surface area contributed by atoms with E-state index in [-0.39, 0.29) is 18.4 Å². The molecule has 1 aromatic heterocycles. The SMILES string of the molecule is N#CCC(=O)N1CC(n2cccn2)C1. The van der Waals surface area contributed by atoms with Gasteiger partial charge in [0.15, 0.2) is 0 Å². The maximum atomic E-state index is 11.2. The number of amides is 1. The molecule has 0 unspecified atom stereocenters. The predicted octanol–water partition coefficient (Wildman–Crippen LogP) is 0.180. The maximum Gasteiger partial charge on any atom is 0.236 e. The van der Waals surface area contributed by atoms with Crippen LogP contribution < -0.4 is 0 Å². The van der Waals surface area contributed by atoms with Crippen molar-refractivity contribution in [1.29, 1.82) is 5.26 Å². The zero-order valence-corrected chi connectivity index (χ0v) is 7.63. The van der Waals surface area contributed by atoms with Crippen molar-refractivity contribution >= 4 is 5.91 Å². The Labute approximate surface area is 81.5 Å². The van der Waals surface area contributed by atoms with Crippen molar-refractivity contribution in [2.75, 3.05) is 13.1 Å². The largest absolute Gasteiger partial charge is 0.337 e. The average molecular weight is 190 g/mol. The molecular formula is C9H10N4O. The third kappa shape index (κ3) is 1.46. The van der Waals surface area contributed by atoms with Gasteiger partial charge in [-0.25, -0.2) is 0 Å². The first kappa shape index (κ1) is 8.75. The summed E-state index contributed by atoms with van der Waals surface area (Å²) in [6.07, 6.45) is 3.59. The van der Waals surface area contributed by atoms with Gasteiger partial charge in [0.05, 0.1) is 12.1 Å². The minimum absolute atomic E-state index is 0.0220. The number of carbonyl (C=O) groups excluding carboxylic acids is 1. The molecule has 0 spiro atoms. The summed E-state index contributed by atoms with van der Waals surface area (Å²) in [7, 11) is 0. The van der Waals surface area contributed by atoms with E-state index in [4.69, 9.17) is 5.26 Å². The van der Waals surface area contributed by atoms with E-state index in [0.29, 0.717) is 13.1 Å². The van der Waals surface area contributed by atoms with Crippen LogP contribution >= 0.6 is 0 Å². The molecule has 5 heteroatoms. The standard InChI is InChI=1S/C9H10N4O/c10-3-2-9(14)12-6-8(7-12)13-5-1-4-11-13/h1,4-5,8H,2,6-7H2. The molecule has 0 bridgehead atoms. The van der Waals surface area contributed by atoms with Gasteiger partial charge in [-0.3, -0.25) is 9.48 Å². The van der Waals surface area contributed by atoms with Crippen LogP contribution in [-0.2, 0) is 4.79 Å². The lowest BCUT2D eigenvalue weighted by Crippen LogP contribution is -2.50. The van der Waals surface area contributed by atoms with E-state index in [1.54, 1.807) is 11.1 Å². The molecule has 0 aliphatic carbocycles. The van der Waals surface area contributed by atoms with Crippen LogP contribution in [0.3, 0.4) is 0 Å². The topological polar surface area (TPSA) is 61.9 Å². The van der Waals surface area contributed by atoms with Gasteiger partial charge in [-0.15, -0.1) is 0 Å². The monoisotopic (exact) mass is 190 g/mol. The molecule has 1 saturated heterocycles. The normalized spacial score (nSPS) is 16.1. The van der Waals surface area contributed by atoms with E-state index in [0.717, 1.165) is 0 Å². The fourth-order valence-electron chi connectivity index (χ4n) is 1.50. The smallest absolute Gasteiger partial charge is 0.236 e. The number of nitrogens with zero attached hydrogens (tertiary/aromatic N) is 4. The first-order valence-electron chi connectivity index (χ1n) is 4.45. The second-order valence-electron chi connectivity index (χ2n) is 3.27. The van der Waals surface area contributed by atoms with E-state index in [2.05, 4.69) is 5.10 Å². The van der Waals surface area contributed by atoms with Gasteiger partial charge in [-0.1, -0.05) is 0 Å². The molecule has 0 aromatic carbocycles. The number of rotatable bonds is 2. The Morgan fingerprint density at radius 1 is 1.64 bits per heavy atom. The summed E-state index contributed by atoms with van der Waals surface area (Å²) >= 11 is 0. The van der Waals surface area contributed by atoms with Crippen LogP contribution in [0, 0.1) is 11.3 Å². The highest BCUT2D eigenvalue weighted by atomic mass is 16.2. The second kappa shape index (κ2) is 3.50. The highest BCUT2D eigenvalue weighted by Crippen LogP contribution is 2.20. The third-order valence-corrected chi connectivity index (χ3v) is 2.34. The van der Waals surface area contributed by atoms with Crippen molar-refractivity contribution in [1.82, 2.24) is 14.7 Å². The molecule has 1 amide bonds. The van der Waals surface area contributed by atoms with Crippen molar-refractivity contribution in [3.05, 3.63) is 18.5 Å². The van der Waals surface area contributed by atoms with Gasteiger partial charge in [0.1, 0.15) is 6.42 Å². The van der Waals surface area contributed by atoms with Crippen LogP contribution in [0.1, 0.15) is 12.5 Å². The summed E-state index contributed by atoms with van der Waals surface area (Å²) in [5.74, 6) is -0.0871. The fourth-order valence-corrected chi connectivity index (χ4v) is 1.50. The Hall–Kier alpha value is -1.83. The Morgan fingerprint density at radius 3 is 3.00 bits per heavy atom. The van der Waals surface area contributed by atoms with Crippen LogP contribution in [0.2, 0.25) is 0 Å². The molecule has 2 rings (SSSR count). The van der Waals surface area contributed by atoms with Gasteiger partial charge in [0.25, 0.3) is 0 Å². The van der Waals surface area contributed by atoms with E-state index in [9.17, 15) is 4.79 Å². The first-order valence-corrected chi connectivity index (χ1v) is 4.45. The number of likely N-dealkylation sites (tertiary alicyclic amines) is 1. The first-order chi connectivity index (χ1) is 6.81. The molecule has 2 heterocycles. The highest BCUT2D eigenvalue weighted by Gasteiger charge is 2.31. The van der Waals surface area contributed by atoms with Gasteiger partial charge >= 0.3 is 0 Å². The number of hydrogen-bond acceptors (Lipinski definition) is 3. The van der Waals surface area contributed by atoms with Crippen LogP contribution in [-0.4, -0.2) is 33.7 Å². The minimum atomic E-state index is -0.0871. The molecule has 0 saturated carbocycles. The van der Waals surface area contributed by atoms with E-state index in [1.807, 2.05) is 23.0 Å². The molecule has 1 fully saturated rings. The molecule has 5 nitrogen and oxygen atoms in total. The van der Waals surface area contributed by atoms with E-state index < -0.39 is 0 Å². The number of hydrogen-bond donors (Lipinski definition) is 0. The third-order valence-electron chi connectivity index (χ3n) is 2.34. The quantitative estimate of drug-likeness (QED) is 0.668. The van der Waals surface area contributed by atoms with Gasteiger partial charge < -0.3 is 4.90 Å². The van der Waals surface area contributed by atoms with Crippen LogP contribution in [0.4, 0.5) is 0 Å². The van der Waals surface area contributed by atoms with Crippen LogP contribution in [0.5, 0.6) is 0 Å². The zero-order valence-electron chi connectivity index (χ0n) is 7.63. The Kier molecular flexibility index (Phi) is 2.19. The lowest BCUT2D eigenvalue weighted by molar-refractivity contribution is -0.136. The average Bonchev–Trinajstić information content (AvgIpc) is 2.54. The molecule has 72 valence electrons. The summed E-state index contributed by atoms with van der Waals surface area (Å²) in [5, 5.41) is 12.4. The lowest BCUT2D eigenvalue weighted by Gasteiger charge is -2.38. The maximum absolute atomic E-state index is 11.2. The molecule has 0 radical (unpaired) electrons. The second-order valence-corrected chi connectivity index (χ2v) is 3.27. The zero-order chi connectivity index (χ0) is 9.97. The van der Waals surface area contributed by atoms with Crippen molar-refractivity contribution in [2.45, 2.75) is 12.5 Å². The fraction of sp³-hybridized carbons (Fsp3) is 0.444. The highest BCUT2D eigenvalue weighted by molar-refractivity contribution is 5.79. The van der Waals surface area contributed by atoms with Gasteiger partial charge in [-0.05, 0) is 6.07 Å². The van der Waals surface area contributed by atoms with E-state index >= 15 is 0 Å². The van der Waals surface area contributed by atoms with Gasteiger partial charge in [-0.2, -0.15) is 10.4 Å². The van der Waals surface area contributed by atoms with E-state index in [1.165, 1.54) is 0 Å². The van der Waals surface area contributed by atoms with Gasteiger partial charge in [0, 0.05) is 25.5 Å². The van der Waals surface area contributed by atoms with Crippen molar-refractivity contribution in [2.24, 2.45) is 0 Å². The molecule has 0 atom stereocenters.